The van der Waals surface area contributed by atoms with Crippen molar-refractivity contribution in [3.8, 4) is 5.69 Å². The zero-order valence-electron chi connectivity index (χ0n) is 17.5. The summed E-state index contributed by atoms with van der Waals surface area (Å²) < 4.78 is 78.1. The van der Waals surface area contributed by atoms with Crippen LogP contribution in [0.2, 0.25) is 5.02 Å². The van der Waals surface area contributed by atoms with E-state index in [0.29, 0.717) is 10.7 Å². The van der Waals surface area contributed by atoms with E-state index in [9.17, 15) is 30.8 Å². The van der Waals surface area contributed by atoms with E-state index in [0.717, 1.165) is 29.1 Å². The second-order valence-electron chi connectivity index (χ2n) is 7.56. The lowest BCUT2D eigenvalue weighted by Crippen LogP contribution is -2.13. The first kappa shape index (κ1) is 24.9. The molecule has 5 nitrogen and oxygen atoms in total. The Bertz CT molecular complexity index is 1300. The van der Waals surface area contributed by atoms with Gasteiger partial charge in [-0.3, -0.25) is 4.79 Å². The van der Waals surface area contributed by atoms with Gasteiger partial charge >= 0.3 is 6.18 Å². The number of sulfone groups is 1. The van der Waals surface area contributed by atoms with Crippen LogP contribution < -0.4 is 0 Å². The molecule has 0 N–H and O–H groups in total. The highest BCUT2D eigenvalue weighted by molar-refractivity contribution is 7.90. The molecule has 0 amide bonds. The molecule has 3 rings (SSSR count). The van der Waals surface area contributed by atoms with Crippen molar-refractivity contribution in [1.29, 1.82) is 0 Å². The van der Waals surface area contributed by atoms with Crippen LogP contribution >= 0.6 is 11.6 Å². The summed E-state index contributed by atoms with van der Waals surface area (Å²) in [6.07, 6.45) is -3.99. The first-order valence-electron chi connectivity index (χ1n) is 9.71. The Balaban J connectivity index is 1.83. The molecule has 0 saturated carbocycles. The van der Waals surface area contributed by atoms with Gasteiger partial charge in [-0.2, -0.15) is 18.3 Å². The maximum Gasteiger partial charge on any atom is 0.435 e. The maximum atomic E-state index is 14.2. The number of hydrogen-bond acceptors (Lipinski definition) is 4. The number of carbonyl (C=O) groups is 1. The Labute approximate surface area is 192 Å². The lowest BCUT2D eigenvalue weighted by molar-refractivity contribution is -0.141. The topological polar surface area (TPSA) is 69.0 Å². The highest BCUT2D eigenvalue weighted by Crippen LogP contribution is 2.31. The van der Waals surface area contributed by atoms with Crippen molar-refractivity contribution in [3.63, 3.8) is 0 Å². The number of halogens is 5. The summed E-state index contributed by atoms with van der Waals surface area (Å²) in [5, 5.41) is 3.95. The molecule has 0 aliphatic rings. The maximum absolute atomic E-state index is 14.2. The van der Waals surface area contributed by atoms with Gasteiger partial charge in [-0.15, -0.1) is 0 Å². The number of hydrogen-bond donors (Lipinski definition) is 0. The molecule has 3 aromatic rings. The molecule has 0 saturated heterocycles. The SMILES string of the molecule is CC(C(=O)CCc1cc(C(F)(F)F)nn1-c1cccc(Cl)c1)c1ccc(S(C)(=O)=O)c(F)c1. The number of ketones is 1. The van der Waals surface area contributed by atoms with Gasteiger partial charge in [0.25, 0.3) is 0 Å². The molecule has 0 fully saturated rings. The summed E-state index contributed by atoms with van der Waals surface area (Å²) in [5.74, 6) is -2.12. The smallest absolute Gasteiger partial charge is 0.299 e. The Hall–Kier alpha value is -2.72. The van der Waals surface area contributed by atoms with Crippen LogP contribution in [0.15, 0.2) is 53.4 Å². The van der Waals surface area contributed by atoms with Gasteiger partial charge in [0.05, 0.1) is 5.69 Å². The fourth-order valence-corrected chi connectivity index (χ4v) is 4.22. The predicted octanol–water partition coefficient (Wildman–Crippen LogP) is 5.39. The highest BCUT2D eigenvalue weighted by Gasteiger charge is 2.35. The first-order valence-corrected chi connectivity index (χ1v) is 12.0. The third-order valence-corrected chi connectivity index (χ3v) is 6.46. The van der Waals surface area contributed by atoms with Crippen LogP contribution in [0, 0.1) is 5.82 Å². The van der Waals surface area contributed by atoms with Crippen molar-refractivity contribution >= 4 is 27.2 Å². The van der Waals surface area contributed by atoms with E-state index < -0.39 is 38.3 Å². The number of rotatable bonds is 7. The van der Waals surface area contributed by atoms with E-state index in [4.69, 9.17) is 11.6 Å². The largest absolute Gasteiger partial charge is 0.435 e. The van der Waals surface area contributed by atoms with Gasteiger partial charge in [-0.25, -0.2) is 17.5 Å². The van der Waals surface area contributed by atoms with Crippen LogP contribution in [-0.2, 0) is 27.2 Å². The molecule has 1 atom stereocenters. The molecule has 0 bridgehead atoms. The van der Waals surface area contributed by atoms with Gasteiger partial charge in [0.1, 0.15) is 16.5 Å². The molecule has 1 heterocycles. The van der Waals surface area contributed by atoms with Gasteiger partial charge in [-0.05, 0) is 48.4 Å². The molecule has 0 aliphatic carbocycles. The van der Waals surface area contributed by atoms with Crippen molar-refractivity contribution in [3.05, 3.63) is 76.3 Å². The number of aromatic nitrogens is 2. The fraction of sp³-hybridized carbons (Fsp3) is 0.273. The minimum Gasteiger partial charge on any atom is -0.299 e. The lowest BCUT2D eigenvalue weighted by Gasteiger charge is -2.13. The number of nitrogens with zero attached hydrogens (tertiary/aromatic N) is 2. The van der Waals surface area contributed by atoms with Gasteiger partial charge < -0.3 is 0 Å². The zero-order chi connectivity index (χ0) is 24.6. The molecule has 0 radical (unpaired) electrons. The van der Waals surface area contributed by atoms with Crippen LogP contribution in [-0.4, -0.2) is 30.2 Å². The third-order valence-electron chi connectivity index (χ3n) is 5.09. The number of benzene rings is 2. The molecule has 1 aromatic heterocycles. The van der Waals surface area contributed by atoms with E-state index in [-0.39, 0.29) is 29.9 Å². The molecule has 33 heavy (non-hydrogen) atoms. The summed E-state index contributed by atoms with van der Waals surface area (Å²) in [4.78, 5) is 12.2. The van der Waals surface area contributed by atoms with E-state index in [1.54, 1.807) is 18.2 Å². The zero-order valence-corrected chi connectivity index (χ0v) is 19.1. The summed E-state index contributed by atoms with van der Waals surface area (Å²) in [6.45, 7) is 1.52. The lowest BCUT2D eigenvalue weighted by atomic mass is 9.93. The summed E-state index contributed by atoms with van der Waals surface area (Å²) >= 11 is 5.95. The molecule has 0 spiro atoms. The molecule has 2 aromatic carbocycles. The van der Waals surface area contributed by atoms with Gasteiger partial charge in [0.2, 0.25) is 0 Å². The number of carbonyl (C=O) groups excluding carboxylic acids is 1. The minimum atomic E-state index is -4.67. The first-order chi connectivity index (χ1) is 15.3. The van der Waals surface area contributed by atoms with Crippen molar-refractivity contribution in [2.24, 2.45) is 0 Å². The average molecular weight is 503 g/mol. The average Bonchev–Trinajstić information content (AvgIpc) is 3.15. The highest BCUT2D eigenvalue weighted by atomic mass is 35.5. The third kappa shape index (κ3) is 5.80. The van der Waals surface area contributed by atoms with Crippen molar-refractivity contribution in [1.82, 2.24) is 9.78 Å². The molecular formula is C22H19ClF4N2O3S. The van der Waals surface area contributed by atoms with Crippen molar-refractivity contribution in [2.45, 2.75) is 36.8 Å². The molecule has 1 unspecified atom stereocenters. The van der Waals surface area contributed by atoms with Crippen molar-refractivity contribution < 1.29 is 30.8 Å². The van der Waals surface area contributed by atoms with Crippen LogP contribution in [0.1, 0.15) is 36.2 Å². The van der Waals surface area contributed by atoms with Crippen molar-refractivity contribution in [2.75, 3.05) is 6.26 Å². The normalized spacial score (nSPS) is 13.2. The van der Waals surface area contributed by atoms with E-state index in [1.807, 2.05) is 0 Å². The molecule has 0 aliphatic heterocycles. The second kappa shape index (κ2) is 9.26. The van der Waals surface area contributed by atoms with Gasteiger partial charge in [0.15, 0.2) is 15.5 Å². The van der Waals surface area contributed by atoms with Gasteiger partial charge in [-0.1, -0.05) is 30.7 Å². The number of aryl methyl sites for hydroxylation is 1. The quantitative estimate of drug-likeness (QED) is 0.406. The number of alkyl halides is 3. The second-order valence-corrected chi connectivity index (χ2v) is 9.98. The predicted molar refractivity (Wildman–Crippen MR) is 115 cm³/mol. The Kier molecular flexibility index (Phi) is 6.99. The molecular weight excluding hydrogens is 484 g/mol. The van der Waals surface area contributed by atoms with Crippen LogP contribution in [0.25, 0.3) is 5.69 Å². The van der Waals surface area contributed by atoms with Crippen LogP contribution in [0.3, 0.4) is 0 Å². The summed E-state index contributed by atoms with van der Waals surface area (Å²) in [7, 11) is -3.76. The van der Waals surface area contributed by atoms with Crippen LogP contribution in [0.4, 0.5) is 17.6 Å². The van der Waals surface area contributed by atoms with E-state index >= 15 is 0 Å². The van der Waals surface area contributed by atoms with Gasteiger partial charge in [0, 0.05) is 29.3 Å². The Morgan fingerprint density at radius 1 is 1.15 bits per heavy atom. The fourth-order valence-electron chi connectivity index (χ4n) is 3.31. The van der Waals surface area contributed by atoms with E-state index in [2.05, 4.69) is 5.10 Å². The number of Topliss-reactive ketones (excluding diaryl/α,β-unsaturated/α-hetero) is 1. The Morgan fingerprint density at radius 3 is 2.42 bits per heavy atom. The monoisotopic (exact) mass is 502 g/mol. The Morgan fingerprint density at radius 2 is 1.85 bits per heavy atom. The molecule has 11 heteroatoms. The summed E-state index contributed by atoms with van der Waals surface area (Å²) in [5.41, 5.74) is -0.365. The minimum absolute atomic E-state index is 0.0529. The van der Waals surface area contributed by atoms with Crippen LogP contribution in [0.5, 0.6) is 0 Å². The molecule has 176 valence electrons. The standard InChI is InChI=1S/C22H19ClF4N2O3S/c1-13(14-6-9-20(18(24)10-14)33(2,31)32)19(30)8-7-17-12-21(22(25,26)27)28-29(17)16-5-3-4-15(23)11-16/h3-6,9-13H,7-8H2,1-2H3. The summed E-state index contributed by atoms with van der Waals surface area (Å²) in [6, 6.07) is 10.4. The van der Waals surface area contributed by atoms with E-state index in [1.165, 1.54) is 19.1 Å².